The summed E-state index contributed by atoms with van der Waals surface area (Å²) in [5.41, 5.74) is 2.64. The minimum atomic E-state index is -0.00467. The molecule has 0 bridgehead atoms. The van der Waals surface area contributed by atoms with Crippen LogP contribution in [-0.2, 0) is 11.2 Å². The van der Waals surface area contributed by atoms with Gasteiger partial charge in [0.25, 0.3) is 0 Å². The largest absolute Gasteiger partial charge is 0.497 e. The number of nitrogens with zero attached hydrogens (tertiary/aromatic N) is 3. The van der Waals surface area contributed by atoms with E-state index in [0.29, 0.717) is 25.0 Å². The molecule has 0 saturated carbocycles. The number of imidazole rings is 1. The van der Waals surface area contributed by atoms with E-state index in [4.69, 9.17) is 4.74 Å². The molecule has 0 aliphatic carbocycles. The molecular weight excluding hydrogens is 422 g/mol. The Morgan fingerprint density at radius 3 is 2.75 bits per heavy atom. The first-order valence-electron chi connectivity index (χ1n) is 9.03. The number of ether oxygens (including phenoxy) is 1. The van der Waals surface area contributed by atoms with Gasteiger partial charge in [0.15, 0.2) is 5.65 Å². The highest BCUT2D eigenvalue weighted by molar-refractivity contribution is 9.10. The highest BCUT2D eigenvalue weighted by Gasteiger charge is 2.16. The van der Waals surface area contributed by atoms with Crippen LogP contribution < -0.4 is 10.1 Å². The first kappa shape index (κ1) is 20.3. The molecule has 2 N–H and O–H groups in total. The minimum absolute atomic E-state index is 0.00467. The molecule has 1 atom stereocenters. The summed E-state index contributed by atoms with van der Waals surface area (Å²) in [6.45, 7) is 0.535. The fourth-order valence-corrected chi connectivity index (χ4v) is 3.33. The number of aromatic nitrogens is 3. The van der Waals surface area contributed by atoms with Crippen LogP contribution in [0.3, 0.4) is 0 Å². The molecule has 3 aromatic rings. The number of likely N-dealkylation sites (N-methyl/N-ethyl adjacent to an activating group) is 1. The van der Waals surface area contributed by atoms with E-state index in [-0.39, 0.29) is 11.9 Å². The molecule has 2 aromatic heterocycles. The first-order chi connectivity index (χ1) is 13.5. The number of amides is 1. The monoisotopic (exact) mass is 445 g/mol. The maximum absolute atomic E-state index is 12.3. The van der Waals surface area contributed by atoms with Crippen molar-refractivity contribution in [2.45, 2.75) is 18.9 Å². The number of aryl methyl sites for hydroxylation is 1. The topological polar surface area (TPSA) is 83.1 Å². The maximum atomic E-state index is 12.3. The molecule has 0 aliphatic rings. The Kier molecular flexibility index (Phi) is 6.64. The second-order valence-electron chi connectivity index (χ2n) is 6.76. The van der Waals surface area contributed by atoms with E-state index in [1.807, 2.05) is 44.4 Å². The first-order valence-corrected chi connectivity index (χ1v) is 9.83. The van der Waals surface area contributed by atoms with Crippen molar-refractivity contribution in [2.75, 3.05) is 27.7 Å². The van der Waals surface area contributed by atoms with Crippen molar-refractivity contribution >= 4 is 33.0 Å². The smallest absolute Gasteiger partial charge is 0.220 e. The molecule has 0 saturated heterocycles. The predicted octanol–water partition coefficient (Wildman–Crippen LogP) is 3.08. The molecule has 7 nitrogen and oxygen atoms in total. The molecular formula is C20H24BrN5O2. The Balaban J connectivity index is 1.55. The Morgan fingerprint density at radius 1 is 1.32 bits per heavy atom. The summed E-state index contributed by atoms with van der Waals surface area (Å²) in [5, 5.41) is 3.03. The zero-order valence-corrected chi connectivity index (χ0v) is 17.8. The Labute approximate surface area is 172 Å². The Bertz CT molecular complexity index is 939. The van der Waals surface area contributed by atoms with E-state index >= 15 is 0 Å². The molecule has 1 amide bonds. The molecule has 148 valence electrons. The van der Waals surface area contributed by atoms with Gasteiger partial charge < -0.3 is 19.9 Å². The average Bonchev–Trinajstić information content (AvgIpc) is 3.08. The van der Waals surface area contributed by atoms with Crippen molar-refractivity contribution in [3.63, 3.8) is 0 Å². The van der Waals surface area contributed by atoms with Crippen LogP contribution in [-0.4, -0.2) is 53.5 Å². The van der Waals surface area contributed by atoms with Gasteiger partial charge in [-0.15, -0.1) is 0 Å². The number of H-pyrrole nitrogens is 1. The lowest BCUT2D eigenvalue weighted by molar-refractivity contribution is -0.121. The zero-order valence-electron chi connectivity index (χ0n) is 16.2. The van der Waals surface area contributed by atoms with Crippen LogP contribution in [0, 0.1) is 0 Å². The van der Waals surface area contributed by atoms with Crippen molar-refractivity contribution in [3.8, 4) is 5.75 Å². The van der Waals surface area contributed by atoms with Crippen molar-refractivity contribution in [2.24, 2.45) is 0 Å². The highest BCUT2D eigenvalue weighted by Crippen LogP contribution is 2.21. The van der Waals surface area contributed by atoms with Crippen LogP contribution in [0.4, 0.5) is 0 Å². The van der Waals surface area contributed by atoms with E-state index in [9.17, 15) is 4.79 Å². The molecule has 0 aliphatic heterocycles. The number of rotatable bonds is 8. The van der Waals surface area contributed by atoms with Gasteiger partial charge in [-0.1, -0.05) is 12.1 Å². The third-order valence-electron chi connectivity index (χ3n) is 4.56. The quantitative estimate of drug-likeness (QED) is 0.556. The number of aromatic amines is 1. The summed E-state index contributed by atoms with van der Waals surface area (Å²) in [4.78, 5) is 26.3. The number of methoxy groups -OCH3 is 1. The van der Waals surface area contributed by atoms with Gasteiger partial charge >= 0.3 is 0 Å². The third-order valence-corrected chi connectivity index (χ3v) is 4.99. The van der Waals surface area contributed by atoms with E-state index in [1.54, 1.807) is 13.3 Å². The van der Waals surface area contributed by atoms with E-state index in [2.05, 4.69) is 41.1 Å². The normalized spacial score (nSPS) is 12.3. The van der Waals surface area contributed by atoms with Crippen molar-refractivity contribution in [1.29, 1.82) is 0 Å². The summed E-state index contributed by atoms with van der Waals surface area (Å²) in [6, 6.07) is 9.92. The van der Waals surface area contributed by atoms with Gasteiger partial charge in [-0.05, 0) is 53.8 Å². The predicted molar refractivity (Wildman–Crippen MR) is 112 cm³/mol. The fourth-order valence-electron chi connectivity index (χ4n) is 3.00. The average molecular weight is 446 g/mol. The maximum Gasteiger partial charge on any atom is 0.220 e. The number of hydrogen-bond donors (Lipinski definition) is 2. The van der Waals surface area contributed by atoms with Gasteiger partial charge in [0.1, 0.15) is 11.6 Å². The summed E-state index contributed by atoms with van der Waals surface area (Å²) >= 11 is 3.39. The molecule has 8 heteroatoms. The van der Waals surface area contributed by atoms with E-state index < -0.39 is 0 Å². The zero-order chi connectivity index (χ0) is 20.1. The molecule has 3 rings (SSSR count). The van der Waals surface area contributed by atoms with Gasteiger partial charge in [-0.25, -0.2) is 9.97 Å². The van der Waals surface area contributed by atoms with Gasteiger partial charge in [0.05, 0.1) is 18.7 Å². The molecule has 0 spiro atoms. The molecule has 28 heavy (non-hydrogen) atoms. The standard InChI is InChI=1S/C20H24BrN5O2/c1-26(2)17(13-4-6-15(28-3)7-5-13)12-22-19(27)9-8-18-24-16-10-14(21)11-23-20(16)25-18/h4-7,10-11,17H,8-9,12H2,1-3H3,(H,22,27)(H,23,24,25)/t17-/m1/s1. The number of fused-ring (bicyclic) bond motifs is 1. The molecule has 0 unspecified atom stereocenters. The number of halogens is 1. The van der Waals surface area contributed by atoms with Crippen LogP contribution in [0.5, 0.6) is 5.75 Å². The number of carbonyl (C=O) groups excluding carboxylic acids is 1. The summed E-state index contributed by atoms with van der Waals surface area (Å²) in [5.74, 6) is 1.57. The minimum Gasteiger partial charge on any atom is -0.497 e. The molecule has 1 aromatic carbocycles. The fraction of sp³-hybridized carbons (Fsp3) is 0.350. The van der Waals surface area contributed by atoms with Crippen LogP contribution in [0.15, 0.2) is 41.0 Å². The van der Waals surface area contributed by atoms with Gasteiger partial charge in [-0.3, -0.25) is 4.79 Å². The Morgan fingerprint density at radius 2 is 2.07 bits per heavy atom. The summed E-state index contributed by atoms with van der Waals surface area (Å²) < 4.78 is 6.10. The number of pyridine rings is 1. The number of nitrogens with one attached hydrogen (secondary N) is 2. The van der Waals surface area contributed by atoms with Crippen LogP contribution in [0.25, 0.3) is 11.2 Å². The van der Waals surface area contributed by atoms with Crippen molar-refractivity contribution < 1.29 is 9.53 Å². The lowest BCUT2D eigenvalue weighted by Crippen LogP contribution is -2.34. The van der Waals surface area contributed by atoms with Gasteiger partial charge in [-0.2, -0.15) is 0 Å². The van der Waals surface area contributed by atoms with Crippen molar-refractivity contribution in [1.82, 2.24) is 25.2 Å². The van der Waals surface area contributed by atoms with E-state index in [1.165, 1.54) is 0 Å². The van der Waals surface area contributed by atoms with Crippen LogP contribution >= 0.6 is 15.9 Å². The van der Waals surface area contributed by atoms with Crippen LogP contribution in [0.2, 0.25) is 0 Å². The summed E-state index contributed by atoms with van der Waals surface area (Å²) in [6.07, 6.45) is 2.61. The summed E-state index contributed by atoms with van der Waals surface area (Å²) in [7, 11) is 5.65. The number of hydrogen-bond acceptors (Lipinski definition) is 5. The highest BCUT2D eigenvalue weighted by atomic mass is 79.9. The lowest BCUT2D eigenvalue weighted by atomic mass is 10.1. The second kappa shape index (κ2) is 9.16. The van der Waals surface area contributed by atoms with Gasteiger partial charge in [0.2, 0.25) is 5.91 Å². The second-order valence-corrected chi connectivity index (χ2v) is 7.68. The lowest BCUT2D eigenvalue weighted by Gasteiger charge is -2.25. The van der Waals surface area contributed by atoms with Crippen LogP contribution in [0.1, 0.15) is 23.9 Å². The number of carbonyl (C=O) groups is 1. The molecule has 0 radical (unpaired) electrons. The molecule has 0 fully saturated rings. The number of benzene rings is 1. The van der Waals surface area contributed by atoms with Crippen molar-refractivity contribution in [3.05, 3.63) is 52.4 Å². The van der Waals surface area contributed by atoms with E-state index in [0.717, 1.165) is 27.1 Å². The SMILES string of the molecule is COc1ccc([C@@H](CNC(=O)CCc2nc3ncc(Br)cc3[nH]2)N(C)C)cc1. The third kappa shape index (κ3) is 5.08. The van der Waals surface area contributed by atoms with Gasteiger partial charge in [0, 0.05) is 30.1 Å². The Hall–Kier alpha value is -2.45. The molecule has 2 heterocycles.